The molecule has 0 aliphatic carbocycles. The topological polar surface area (TPSA) is 9.23 Å². The van der Waals surface area contributed by atoms with Crippen LogP contribution in [-0.2, 0) is 4.43 Å². The molecule has 0 fully saturated rings. The van der Waals surface area contributed by atoms with E-state index in [9.17, 15) is 0 Å². The zero-order valence-electron chi connectivity index (χ0n) is 6.49. The van der Waals surface area contributed by atoms with Crippen LogP contribution in [0.5, 0.6) is 0 Å². The SMILES string of the molecule is C.CO[Si](C)(C)C(C)C. The largest absolute Gasteiger partial charge is 0.420 e. The van der Waals surface area contributed by atoms with Gasteiger partial charge in [-0.05, 0) is 18.6 Å². The van der Waals surface area contributed by atoms with Crippen molar-refractivity contribution in [1.29, 1.82) is 0 Å². The fourth-order valence-electron chi connectivity index (χ4n) is 0.236. The maximum absolute atomic E-state index is 5.34. The molecular weight excluding hydrogens is 128 g/mol. The van der Waals surface area contributed by atoms with Gasteiger partial charge in [-0.15, -0.1) is 0 Å². The summed E-state index contributed by atoms with van der Waals surface area (Å²) in [5.74, 6) is 0. The number of rotatable bonds is 2. The van der Waals surface area contributed by atoms with Gasteiger partial charge in [0.15, 0.2) is 8.32 Å². The second kappa shape index (κ2) is 4.07. The standard InChI is InChI=1S/C6H16OSi.CH4/c1-6(2)8(4,5)7-3;/h6H,1-5H3;1H4. The van der Waals surface area contributed by atoms with Crippen molar-refractivity contribution in [2.24, 2.45) is 0 Å². The lowest BCUT2D eigenvalue weighted by Crippen LogP contribution is -2.32. The highest BCUT2D eigenvalue weighted by Gasteiger charge is 2.24. The van der Waals surface area contributed by atoms with Crippen molar-refractivity contribution in [3.05, 3.63) is 0 Å². The molecule has 2 heteroatoms. The van der Waals surface area contributed by atoms with Gasteiger partial charge in [-0.1, -0.05) is 21.3 Å². The van der Waals surface area contributed by atoms with Gasteiger partial charge in [-0.2, -0.15) is 0 Å². The predicted molar refractivity (Wildman–Crippen MR) is 46.3 cm³/mol. The van der Waals surface area contributed by atoms with Crippen LogP contribution in [-0.4, -0.2) is 15.4 Å². The Hall–Kier alpha value is 0.177. The highest BCUT2D eigenvalue weighted by molar-refractivity contribution is 6.72. The van der Waals surface area contributed by atoms with Gasteiger partial charge in [-0.25, -0.2) is 0 Å². The van der Waals surface area contributed by atoms with E-state index in [4.69, 9.17) is 4.43 Å². The van der Waals surface area contributed by atoms with Gasteiger partial charge in [-0.3, -0.25) is 0 Å². The van der Waals surface area contributed by atoms with Gasteiger partial charge in [0.25, 0.3) is 0 Å². The summed E-state index contributed by atoms with van der Waals surface area (Å²) in [5.41, 5.74) is 0.729. The Kier molecular flexibility index (Phi) is 5.38. The molecule has 0 aromatic heterocycles. The van der Waals surface area contributed by atoms with Crippen LogP contribution in [0.3, 0.4) is 0 Å². The van der Waals surface area contributed by atoms with Crippen LogP contribution in [0.15, 0.2) is 0 Å². The first-order valence-electron chi connectivity index (χ1n) is 3.06. The van der Waals surface area contributed by atoms with E-state index in [1.807, 2.05) is 7.11 Å². The maximum atomic E-state index is 5.34. The van der Waals surface area contributed by atoms with Crippen molar-refractivity contribution in [2.45, 2.75) is 39.9 Å². The minimum absolute atomic E-state index is 0. The molecule has 1 nitrogen and oxygen atoms in total. The minimum atomic E-state index is -1.25. The van der Waals surface area contributed by atoms with E-state index in [0.717, 1.165) is 5.54 Å². The van der Waals surface area contributed by atoms with Crippen molar-refractivity contribution in [1.82, 2.24) is 0 Å². The monoisotopic (exact) mass is 148 g/mol. The zero-order chi connectivity index (χ0) is 6.78. The average molecular weight is 148 g/mol. The highest BCUT2D eigenvalue weighted by Crippen LogP contribution is 2.19. The average Bonchev–Trinajstić information content (AvgIpc) is 1.67. The van der Waals surface area contributed by atoms with Gasteiger partial charge < -0.3 is 4.43 Å². The molecule has 0 aromatic carbocycles. The van der Waals surface area contributed by atoms with Crippen molar-refractivity contribution >= 4 is 8.32 Å². The van der Waals surface area contributed by atoms with Crippen molar-refractivity contribution < 1.29 is 4.43 Å². The van der Waals surface area contributed by atoms with Crippen molar-refractivity contribution in [3.8, 4) is 0 Å². The summed E-state index contributed by atoms with van der Waals surface area (Å²) in [7, 11) is 0.557. The molecule has 0 rings (SSSR count). The Balaban J connectivity index is 0. The van der Waals surface area contributed by atoms with Crippen molar-refractivity contribution in [3.63, 3.8) is 0 Å². The van der Waals surface area contributed by atoms with E-state index in [1.54, 1.807) is 0 Å². The van der Waals surface area contributed by atoms with Crippen LogP contribution in [0.1, 0.15) is 21.3 Å². The summed E-state index contributed by atoms with van der Waals surface area (Å²) >= 11 is 0. The molecule has 0 saturated heterocycles. The quantitative estimate of drug-likeness (QED) is 0.547. The fraction of sp³-hybridized carbons (Fsp3) is 1.00. The Bertz CT molecular complexity index is 69.3. The van der Waals surface area contributed by atoms with Gasteiger partial charge in [0, 0.05) is 7.11 Å². The minimum Gasteiger partial charge on any atom is -0.420 e. The number of hydrogen-bond donors (Lipinski definition) is 0. The summed E-state index contributed by atoms with van der Waals surface area (Å²) in [6, 6.07) is 0. The van der Waals surface area contributed by atoms with Crippen molar-refractivity contribution in [2.75, 3.05) is 7.11 Å². The molecule has 0 aliphatic rings. The van der Waals surface area contributed by atoms with Gasteiger partial charge in [0.1, 0.15) is 0 Å². The molecular formula is C7H20OSi. The molecule has 0 radical (unpaired) electrons. The van der Waals surface area contributed by atoms with Crippen LogP contribution in [0.4, 0.5) is 0 Å². The third-order valence-corrected chi connectivity index (χ3v) is 5.75. The zero-order valence-corrected chi connectivity index (χ0v) is 7.49. The lowest BCUT2D eigenvalue weighted by Gasteiger charge is -2.23. The maximum Gasteiger partial charge on any atom is 0.188 e. The van der Waals surface area contributed by atoms with E-state index in [-0.39, 0.29) is 7.43 Å². The second-order valence-electron chi connectivity index (χ2n) is 2.96. The predicted octanol–water partition coefficient (Wildman–Crippen LogP) is 2.88. The first-order chi connectivity index (χ1) is 3.50. The highest BCUT2D eigenvalue weighted by atomic mass is 28.4. The molecule has 9 heavy (non-hydrogen) atoms. The van der Waals surface area contributed by atoms with Crippen LogP contribution >= 0.6 is 0 Å². The molecule has 0 bridgehead atoms. The molecule has 0 heterocycles. The van der Waals surface area contributed by atoms with Crippen LogP contribution in [0.25, 0.3) is 0 Å². The Morgan fingerprint density at radius 2 is 1.56 bits per heavy atom. The lowest BCUT2D eigenvalue weighted by molar-refractivity contribution is 0.395. The smallest absolute Gasteiger partial charge is 0.188 e. The third-order valence-electron chi connectivity index (χ3n) is 1.92. The second-order valence-corrected chi connectivity index (χ2v) is 7.73. The summed E-state index contributed by atoms with van der Waals surface area (Å²) in [6.07, 6.45) is 0. The summed E-state index contributed by atoms with van der Waals surface area (Å²) in [5, 5.41) is 0. The van der Waals surface area contributed by atoms with Gasteiger partial charge >= 0.3 is 0 Å². The molecule has 0 saturated carbocycles. The Labute approximate surface area is 60.6 Å². The lowest BCUT2D eigenvalue weighted by atomic mass is 10.6. The Morgan fingerprint density at radius 1 is 1.22 bits per heavy atom. The molecule has 0 unspecified atom stereocenters. The molecule has 0 aliphatic heterocycles. The molecule has 0 amide bonds. The van der Waals surface area contributed by atoms with E-state index >= 15 is 0 Å². The van der Waals surface area contributed by atoms with E-state index in [1.165, 1.54) is 0 Å². The van der Waals surface area contributed by atoms with Gasteiger partial charge in [0.05, 0.1) is 0 Å². The fourth-order valence-corrected chi connectivity index (χ4v) is 0.707. The van der Waals surface area contributed by atoms with E-state index in [0.29, 0.717) is 0 Å². The first-order valence-corrected chi connectivity index (χ1v) is 6.04. The first kappa shape index (κ1) is 11.9. The van der Waals surface area contributed by atoms with E-state index < -0.39 is 8.32 Å². The molecule has 0 aromatic rings. The van der Waals surface area contributed by atoms with Crippen LogP contribution in [0.2, 0.25) is 18.6 Å². The molecule has 0 N–H and O–H groups in total. The third kappa shape index (κ3) is 3.70. The molecule has 58 valence electrons. The van der Waals surface area contributed by atoms with E-state index in [2.05, 4.69) is 26.9 Å². The summed E-state index contributed by atoms with van der Waals surface area (Å²) < 4.78 is 5.34. The van der Waals surface area contributed by atoms with Crippen LogP contribution in [0, 0.1) is 0 Å². The van der Waals surface area contributed by atoms with Gasteiger partial charge in [0.2, 0.25) is 0 Å². The molecule has 0 atom stereocenters. The summed E-state index contributed by atoms with van der Waals surface area (Å²) in [4.78, 5) is 0. The number of hydrogen-bond acceptors (Lipinski definition) is 1. The summed E-state index contributed by atoms with van der Waals surface area (Å²) in [6.45, 7) is 8.90. The Morgan fingerprint density at radius 3 is 1.56 bits per heavy atom. The van der Waals surface area contributed by atoms with Crippen LogP contribution < -0.4 is 0 Å². The molecule has 0 spiro atoms. The normalized spacial score (nSPS) is 11.3.